The molecular formula is C14H20N2O3S. The number of ether oxygens (including phenoxy) is 1. The number of benzene rings is 1. The second-order valence-electron chi connectivity index (χ2n) is 5.22. The van der Waals surface area contributed by atoms with Crippen LogP contribution in [0.1, 0.15) is 20.8 Å². The molecule has 5 nitrogen and oxygen atoms in total. The van der Waals surface area contributed by atoms with E-state index in [0.717, 1.165) is 10.6 Å². The largest absolute Gasteiger partial charge is 0.497 e. The zero-order valence-electron chi connectivity index (χ0n) is 12.1. The van der Waals surface area contributed by atoms with E-state index in [0.29, 0.717) is 0 Å². The van der Waals surface area contributed by atoms with Gasteiger partial charge in [-0.25, -0.2) is 4.79 Å². The molecular weight excluding hydrogens is 276 g/mol. The van der Waals surface area contributed by atoms with Crippen molar-refractivity contribution < 1.29 is 14.3 Å². The van der Waals surface area contributed by atoms with Gasteiger partial charge < -0.3 is 10.1 Å². The smallest absolute Gasteiger partial charge is 0.321 e. The van der Waals surface area contributed by atoms with Crippen molar-refractivity contribution in [2.75, 3.05) is 12.9 Å². The highest BCUT2D eigenvalue weighted by Gasteiger charge is 2.15. The average Bonchev–Trinajstić information content (AvgIpc) is 2.34. The third-order valence-electron chi connectivity index (χ3n) is 2.17. The number of carbonyl (C=O) groups is 2. The first-order valence-electron chi connectivity index (χ1n) is 6.19. The molecule has 0 radical (unpaired) electrons. The zero-order chi connectivity index (χ0) is 15.2. The van der Waals surface area contributed by atoms with Crippen LogP contribution in [0.25, 0.3) is 0 Å². The van der Waals surface area contributed by atoms with Gasteiger partial charge in [-0.05, 0) is 45.0 Å². The lowest BCUT2D eigenvalue weighted by Gasteiger charge is -2.20. The van der Waals surface area contributed by atoms with Crippen molar-refractivity contribution in [2.24, 2.45) is 0 Å². The Morgan fingerprint density at radius 3 is 2.30 bits per heavy atom. The van der Waals surface area contributed by atoms with Crippen LogP contribution >= 0.6 is 11.8 Å². The van der Waals surface area contributed by atoms with E-state index < -0.39 is 6.03 Å². The maximum Gasteiger partial charge on any atom is 0.321 e. The Bertz CT molecular complexity index is 466. The van der Waals surface area contributed by atoms with E-state index in [4.69, 9.17) is 4.74 Å². The molecule has 2 N–H and O–H groups in total. The number of imide groups is 1. The van der Waals surface area contributed by atoms with Crippen molar-refractivity contribution in [3.63, 3.8) is 0 Å². The van der Waals surface area contributed by atoms with Crippen LogP contribution < -0.4 is 15.4 Å². The zero-order valence-corrected chi connectivity index (χ0v) is 13.0. The second kappa shape index (κ2) is 7.19. The van der Waals surface area contributed by atoms with Crippen molar-refractivity contribution in [1.82, 2.24) is 10.6 Å². The molecule has 0 spiro atoms. The van der Waals surface area contributed by atoms with Gasteiger partial charge in [0, 0.05) is 10.4 Å². The Morgan fingerprint density at radius 2 is 1.80 bits per heavy atom. The van der Waals surface area contributed by atoms with E-state index >= 15 is 0 Å². The lowest BCUT2D eigenvalue weighted by atomic mass is 10.1. The van der Waals surface area contributed by atoms with Crippen LogP contribution in [-0.4, -0.2) is 30.3 Å². The fourth-order valence-electron chi connectivity index (χ4n) is 1.36. The minimum atomic E-state index is -0.474. The highest BCUT2D eigenvalue weighted by atomic mass is 32.2. The molecule has 0 fully saturated rings. The molecule has 0 unspecified atom stereocenters. The SMILES string of the molecule is COc1ccc(SCC(=O)NC(=O)NC(C)(C)C)cc1. The summed E-state index contributed by atoms with van der Waals surface area (Å²) in [7, 11) is 1.60. The van der Waals surface area contributed by atoms with Crippen molar-refractivity contribution in [2.45, 2.75) is 31.2 Å². The summed E-state index contributed by atoms with van der Waals surface area (Å²) in [6, 6.07) is 6.91. The van der Waals surface area contributed by atoms with Crippen LogP contribution in [0.2, 0.25) is 0 Å². The van der Waals surface area contributed by atoms with E-state index in [1.54, 1.807) is 7.11 Å². The number of thioether (sulfide) groups is 1. The molecule has 0 bridgehead atoms. The number of nitrogens with one attached hydrogen (secondary N) is 2. The van der Waals surface area contributed by atoms with Gasteiger partial charge in [0.2, 0.25) is 5.91 Å². The first-order valence-corrected chi connectivity index (χ1v) is 7.17. The van der Waals surface area contributed by atoms with Crippen molar-refractivity contribution in [3.8, 4) is 5.75 Å². The van der Waals surface area contributed by atoms with Gasteiger partial charge in [-0.3, -0.25) is 10.1 Å². The third kappa shape index (κ3) is 6.47. The number of rotatable bonds is 4. The number of amides is 3. The van der Waals surface area contributed by atoms with Gasteiger partial charge in [0.15, 0.2) is 0 Å². The molecule has 0 heterocycles. The van der Waals surface area contributed by atoms with Crippen LogP contribution in [0.15, 0.2) is 29.2 Å². The molecule has 1 aromatic carbocycles. The third-order valence-corrected chi connectivity index (χ3v) is 3.18. The Hall–Kier alpha value is -1.69. The number of methoxy groups -OCH3 is 1. The monoisotopic (exact) mass is 296 g/mol. The number of urea groups is 1. The predicted molar refractivity (Wildman–Crippen MR) is 80.1 cm³/mol. The van der Waals surface area contributed by atoms with E-state index in [1.807, 2.05) is 45.0 Å². The molecule has 1 rings (SSSR count). The fraction of sp³-hybridized carbons (Fsp3) is 0.429. The van der Waals surface area contributed by atoms with E-state index in [9.17, 15) is 9.59 Å². The Balaban J connectivity index is 2.37. The quantitative estimate of drug-likeness (QED) is 0.837. The molecule has 0 aliphatic rings. The predicted octanol–water partition coefficient (Wildman–Crippen LogP) is 2.41. The van der Waals surface area contributed by atoms with Crippen molar-refractivity contribution in [3.05, 3.63) is 24.3 Å². The lowest BCUT2D eigenvalue weighted by molar-refractivity contribution is -0.117. The summed E-state index contributed by atoms with van der Waals surface area (Å²) in [5.74, 6) is 0.625. The molecule has 0 atom stereocenters. The number of hydrogen-bond acceptors (Lipinski definition) is 4. The Kier molecular flexibility index (Phi) is 5.88. The van der Waals surface area contributed by atoms with Gasteiger partial charge in [0.1, 0.15) is 5.75 Å². The standard InChI is InChI=1S/C14H20N2O3S/c1-14(2,3)16-13(18)15-12(17)9-20-11-7-5-10(19-4)6-8-11/h5-8H,9H2,1-4H3,(H2,15,16,17,18). The first-order chi connectivity index (χ1) is 9.30. The average molecular weight is 296 g/mol. The molecule has 3 amide bonds. The van der Waals surface area contributed by atoms with E-state index in [2.05, 4.69) is 10.6 Å². The highest BCUT2D eigenvalue weighted by Crippen LogP contribution is 2.20. The van der Waals surface area contributed by atoms with Crippen LogP contribution in [0.5, 0.6) is 5.75 Å². The summed E-state index contributed by atoms with van der Waals surface area (Å²) in [5, 5.41) is 4.96. The maximum absolute atomic E-state index is 11.6. The molecule has 0 aromatic heterocycles. The van der Waals surface area contributed by atoms with Crippen LogP contribution in [-0.2, 0) is 4.79 Å². The topological polar surface area (TPSA) is 67.4 Å². The first kappa shape index (κ1) is 16.4. The van der Waals surface area contributed by atoms with Gasteiger partial charge in [0.05, 0.1) is 12.9 Å². The summed E-state index contributed by atoms with van der Waals surface area (Å²) >= 11 is 1.36. The van der Waals surface area contributed by atoms with Gasteiger partial charge in [-0.15, -0.1) is 11.8 Å². The van der Waals surface area contributed by atoms with E-state index in [-0.39, 0.29) is 17.2 Å². The van der Waals surface area contributed by atoms with Gasteiger partial charge >= 0.3 is 6.03 Å². The summed E-state index contributed by atoms with van der Waals surface area (Å²) in [6.45, 7) is 5.55. The molecule has 0 aliphatic carbocycles. The summed E-state index contributed by atoms with van der Waals surface area (Å²) in [6.07, 6.45) is 0. The van der Waals surface area contributed by atoms with Crippen molar-refractivity contribution >= 4 is 23.7 Å². The molecule has 0 aliphatic heterocycles. The molecule has 110 valence electrons. The normalized spacial score (nSPS) is 10.8. The lowest BCUT2D eigenvalue weighted by Crippen LogP contribution is -2.48. The maximum atomic E-state index is 11.6. The Morgan fingerprint density at radius 1 is 1.20 bits per heavy atom. The Labute approximate surface area is 123 Å². The van der Waals surface area contributed by atoms with Crippen molar-refractivity contribution in [1.29, 1.82) is 0 Å². The van der Waals surface area contributed by atoms with Gasteiger partial charge in [0.25, 0.3) is 0 Å². The minimum Gasteiger partial charge on any atom is -0.497 e. The number of hydrogen-bond donors (Lipinski definition) is 2. The van der Waals surface area contributed by atoms with E-state index in [1.165, 1.54) is 11.8 Å². The van der Waals surface area contributed by atoms with Crippen LogP contribution in [0.4, 0.5) is 4.79 Å². The minimum absolute atomic E-state index is 0.184. The molecule has 0 saturated heterocycles. The molecule has 20 heavy (non-hydrogen) atoms. The second-order valence-corrected chi connectivity index (χ2v) is 6.27. The fourth-order valence-corrected chi connectivity index (χ4v) is 2.05. The highest BCUT2D eigenvalue weighted by molar-refractivity contribution is 8.00. The molecule has 0 saturated carbocycles. The van der Waals surface area contributed by atoms with Crippen LogP contribution in [0.3, 0.4) is 0 Å². The van der Waals surface area contributed by atoms with Gasteiger partial charge in [-0.2, -0.15) is 0 Å². The molecule has 1 aromatic rings. The summed E-state index contributed by atoms with van der Waals surface area (Å²) in [5.41, 5.74) is -0.368. The molecule has 6 heteroatoms. The summed E-state index contributed by atoms with van der Waals surface area (Å²) < 4.78 is 5.05. The summed E-state index contributed by atoms with van der Waals surface area (Å²) in [4.78, 5) is 24.1. The van der Waals surface area contributed by atoms with Gasteiger partial charge in [-0.1, -0.05) is 0 Å². The number of carbonyl (C=O) groups excluding carboxylic acids is 2. The van der Waals surface area contributed by atoms with Crippen LogP contribution in [0, 0.1) is 0 Å².